The molecule has 1 atom stereocenters. The lowest BCUT2D eigenvalue weighted by Gasteiger charge is -2.12. The van der Waals surface area contributed by atoms with Crippen LogP contribution in [0.1, 0.15) is 24.2 Å². The number of ether oxygens (including phenoxy) is 2. The van der Waals surface area contributed by atoms with Gasteiger partial charge in [-0.1, -0.05) is 22.0 Å². The Labute approximate surface area is 133 Å². The molecule has 0 aromatic heterocycles. The van der Waals surface area contributed by atoms with Crippen LogP contribution in [0.3, 0.4) is 0 Å². The first-order chi connectivity index (χ1) is 10.1. The molecular weight excluding hydrogens is 332 g/mol. The molecule has 4 heteroatoms. The average Bonchev–Trinajstić information content (AvgIpc) is 2.46. The Morgan fingerprint density at radius 3 is 2.33 bits per heavy atom. The van der Waals surface area contributed by atoms with E-state index in [4.69, 9.17) is 9.47 Å². The first-order valence-corrected chi connectivity index (χ1v) is 7.65. The van der Waals surface area contributed by atoms with Gasteiger partial charge in [0.2, 0.25) is 0 Å². The molecule has 0 aliphatic heterocycles. The van der Waals surface area contributed by atoms with Gasteiger partial charge >= 0.3 is 0 Å². The molecule has 0 bridgehead atoms. The van der Waals surface area contributed by atoms with Gasteiger partial charge in [-0.25, -0.2) is 0 Å². The Hall–Kier alpha value is -1.52. The zero-order valence-corrected chi connectivity index (χ0v) is 13.8. The van der Waals surface area contributed by atoms with Crippen molar-refractivity contribution >= 4 is 15.9 Å². The number of halogens is 1. The van der Waals surface area contributed by atoms with E-state index in [9.17, 15) is 5.11 Å². The van der Waals surface area contributed by atoms with Gasteiger partial charge < -0.3 is 14.6 Å². The quantitative estimate of drug-likeness (QED) is 0.790. The van der Waals surface area contributed by atoms with Crippen molar-refractivity contribution in [2.75, 3.05) is 13.2 Å². The molecule has 1 N–H and O–H groups in total. The van der Waals surface area contributed by atoms with Crippen molar-refractivity contribution in [2.45, 2.75) is 20.0 Å². The third-order valence-electron chi connectivity index (χ3n) is 3.10. The fourth-order valence-corrected chi connectivity index (χ4v) is 2.20. The number of aliphatic hydroxyl groups excluding tert-OH is 1. The summed E-state index contributed by atoms with van der Waals surface area (Å²) in [6, 6.07) is 13.4. The van der Waals surface area contributed by atoms with Gasteiger partial charge in [-0.15, -0.1) is 0 Å². The maximum Gasteiger partial charge on any atom is 0.122 e. The second-order valence-corrected chi connectivity index (χ2v) is 5.77. The van der Waals surface area contributed by atoms with Crippen LogP contribution in [0.2, 0.25) is 0 Å². The minimum absolute atomic E-state index is 0.460. The van der Waals surface area contributed by atoms with Crippen LogP contribution >= 0.6 is 15.9 Å². The minimum Gasteiger partial charge on any atom is -0.490 e. The molecular formula is C17H19BrO3. The first-order valence-electron chi connectivity index (χ1n) is 6.86. The first kappa shape index (κ1) is 15.9. The summed E-state index contributed by atoms with van der Waals surface area (Å²) in [4.78, 5) is 0. The molecule has 112 valence electrons. The lowest BCUT2D eigenvalue weighted by Crippen LogP contribution is -2.09. The molecule has 0 spiro atoms. The molecule has 0 saturated heterocycles. The molecule has 0 heterocycles. The lowest BCUT2D eigenvalue weighted by atomic mass is 10.1. The third-order valence-corrected chi connectivity index (χ3v) is 3.63. The number of aryl methyl sites for hydroxylation is 1. The Bertz CT molecular complexity index is 579. The standard InChI is InChI=1S/C17H19BrO3/c1-12-11-14(13(2)19)3-8-17(12)21-10-9-20-16-6-4-15(18)5-7-16/h3-8,11,13,19H,9-10H2,1-2H3/t13-/m0/s1. The van der Waals surface area contributed by atoms with Crippen molar-refractivity contribution in [3.05, 3.63) is 58.1 Å². The van der Waals surface area contributed by atoms with Crippen LogP contribution in [0.25, 0.3) is 0 Å². The summed E-state index contributed by atoms with van der Waals surface area (Å²) >= 11 is 3.38. The normalized spacial score (nSPS) is 12.0. The van der Waals surface area contributed by atoms with Crippen molar-refractivity contribution < 1.29 is 14.6 Å². The van der Waals surface area contributed by atoms with Crippen LogP contribution in [-0.2, 0) is 0 Å². The highest BCUT2D eigenvalue weighted by Gasteiger charge is 2.05. The van der Waals surface area contributed by atoms with Gasteiger partial charge in [-0.2, -0.15) is 0 Å². The second kappa shape index (κ2) is 7.48. The highest BCUT2D eigenvalue weighted by molar-refractivity contribution is 9.10. The predicted octanol–water partition coefficient (Wildman–Crippen LogP) is 4.27. The molecule has 2 aromatic rings. The smallest absolute Gasteiger partial charge is 0.122 e. The SMILES string of the molecule is Cc1cc([C@H](C)O)ccc1OCCOc1ccc(Br)cc1. The van der Waals surface area contributed by atoms with E-state index < -0.39 is 6.10 Å². The van der Waals surface area contributed by atoms with Gasteiger partial charge in [0.25, 0.3) is 0 Å². The van der Waals surface area contributed by atoms with Crippen LogP contribution in [-0.4, -0.2) is 18.3 Å². The van der Waals surface area contributed by atoms with Crippen LogP contribution in [0.5, 0.6) is 11.5 Å². The molecule has 0 radical (unpaired) electrons. The van der Waals surface area contributed by atoms with Crippen LogP contribution in [0.15, 0.2) is 46.9 Å². The summed E-state index contributed by atoms with van der Waals surface area (Å²) in [6.07, 6.45) is -0.460. The van der Waals surface area contributed by atoms with Crippen molar-refractivity contribution in [1.29, 1.82) is 0 Å². The van der Waals surface area contributed by atoms with Crippen molar-refractivity contribution in [2.24, 2.45) is 0 Å². The van der Waals surface area contributed by atoms with Crippen LogP contribution < -0.4 is 9.47 Å². The molecule has 0 unspecified atom stereocenters. The Balaban J connectivity index is 1.82. The topological polar surface area (TPSA) is 38.7 Å². The van der Waals surface area contributed by atoms with Gasteiger partial charge in [-0.05, 0) is 61.4 Å². The Morgan fingerprint density at radius 1 is 1.05 bits per heavy atom. The fourth-order valence-electron chi connectivity index (χ4n) is 1.94. The number of hydrogen-bond donors (Lipinski definition) is 1. The summed E-state index contributed by atoms with van der Waals surface area (Å²) in [5.74, 6) is 1.64. The van der Waals surface area contributed by atoms with E-state index >= 15 is 0 Å². The molecule has 0 aliphatic carbocycles. The monoisotopic (exact) mass is 350 g/mol. The lowest BCUT2D eigenvalue weighted by molar-refractivity contribution is 0.198. The van der Waals surface area contributed by atoms with E-state index in [0.29, 0.717) is 13.2 Å². The van der Waals surface area contributed by atoms with Crippen molar-refractivity contribution in [3.8, 4) is 11.5 Å². The summed E-state index contributed by atoms with van der Waals surface area (Å²) < 4.78 is 12.3. The van der Waals surface area contributed by atoms with Crippen molar-refractivity contribution in [3.63, 3.8) is 0 Å². The minimum atomic E-state index is -0.460. The zero-order chi connectivity index (χ0) is 15.2. The molecule has 0 fully saturated rings. The van der Waals surface area contributed by atoms with Gasteiger partial charge in [0, 0.05) is 4.47 Å². The van der Waals surface area contributed by atoms with Gasteiger partial charge in [0.1, 0.15) is 24.7 Å². The summed E-state index contributed by atoms with van der Waals surface area (Å²) in [6.45, 7) is 4.68. The summed E-state index contributed by atoms with van der Waals surface area (Å²) in [5.41, 5.74) is 1.91. The number of hydrogen-bond acceptors (Lipinski definition) is 3. The number of aliphatic hydroxyl groups is 1. The summed E-state index contributed by atoms with van der Waals surface area (Å²) in [5, 5.41) is 9.53. The molecule has 2 rings (SSSR count). The highest BCUT2D eigenvalue weighted by Crippen LogP contribution is 2.22. The molecule has 0 aliphatic rings. The fraction of sp³-hybridized carbons (Fsp3) is 0.294. The van der Waals surface area contributed by atoms with Gasteiger partial charge in [0.05, 0.1) is 6.10 Å². The number of rotatable bonds is 6. The second-order valence-electron chi connectivity index (χ2n) is 4.85. The van der Waals surface area contributed by atoms with Gasteiger partial charge in [0.15, 0.2) is 0 Å². The number of benzene rings is 2. The Morgan fingerprint density at radius 2 is 1.71 bits per heavy atom. The van der Waals surface area contributed by atoms with E-state index in [1.807, 2.05) is 49.4 Å². The van der Waals surface area contributed by atoms with Gasteiger partial charge in [-0.3, -0.25) is 0 Å². The molecule has 21 heavy (non-hydrogen) atoms. The largest absolute Gasteiger partial charge is 0.490 e. The van der Waals surface area contributed by atoms with Crippen LogP contribution in [0, 0.1) is 6.92 Å². The summed E-state index contributed by atoms with van der Waals surface area (Å²) in [7, 11) is 0. The predicted molar refractivity (Wildman–Crippen MR) is 86.9 cm³/mol. The van der Waals surface area contributed by atoms with E-state index in [1.165, 1.54) is 0 Å². The molecule has 0 saturated carbocycles. The average molecular weight is 351 g/mol. The third kappa shape index (κ3) is 4.76. The molecule has 2 aromatic carbocycles. The molecule has 0 amide bonds. The molecule has 3 nitrogen and oxygen atoms in total. The van der Waals surface area contributed by atoms with Crippen LogP contribution in [0.4, 0.5) is 0 Å². The highest BCUT2D eigenvalue weighted by atomic mass is 79.9. The van der Waals surface area contributed by atoms with E-state index in [1.54, 1.807) is 6.92 Å². The van der Waals surface area contributed by atoms with Crippen molar-refractivity contribution in [1.82, 2.24) is 0 Å². The Kier molecular flexibility index (Phi) is 5.65. The zero-order valence-electron chi connectivity index (χ0n) is 12.2. The maximum atomic E-state index is 9.53. The van der Waals surface area contributed by atoms with E-state index in [-0.39, 0.29) is 0 Å². The van der Waals surface area contributed by atoms with E-state index in [2.05, 4.69) is 15.9 Å². The maximum absolute atomic E-state index is 9.53. The van der Waals surface area contributed by atoms with E-state index in [0.717, 1.165) is 27.1 Å².